The summed E-state index contributed by atoms with van der Waals surface area (Å²) in [5.41, 5.74) is 7.98. The number of rotatable bonds is 5. The molecule has 2 N–H and O–H groups in total. The first kappa shape index (κ1) is 20.4. The molecule has 1 aromatic carbocycles. The normalized spacial score (nSPS) is 13.5. The highest BCUT2D eigenvalue weighted by Crippen LogP contribution is 2.28. The molecule has 3 rings (SSSR count). The van der Waals surface area contributed by atoms with Gasteiger partial charge in [0, 0.05) is 10.6 Å². The van der Waals surface area contributed by atoms with Gasteiger partial charge in [-0.2, -0.15) is 5.26 Å². The highest BCUT2D eigenvalue weighted by atomic mass is 32.2. The third-order valence-electron chi connectivity index (χ3n) is 4.62. The lowest BCUT2D eigenvalue weighted by atomic mass is 10.00. The van der Waals surface area contributed by atoms with Crippen LogP contribution in [-0.4, -0.2) is 17.6 Å². The zero-order valence-electron chi connectivity index (χ0n) is 15.6. The Morgan fingerprint density at radius 3 is 2.57 bits per heavy atom. The van der Waals surface area contributed by atoms with E-state index in [9.17, 15) is 9.59 Å². The maximum atomic E-state index is 12.3. The maximum absolute atomic E-state index is 12.3. The van der Waals surface area contributed by atoms with Crippen molar-refractivity contribution in [1.82, 2.24) is 10.9 Å². The van der Waals surface area contributed by atoms with E-state index in [4.69, 9.17) is 5.26 Å². The topological polar surface area (TPSA) is 82.0 Å². The van der Waals surface area contributed by atoms with Gasteiger partial charge in [0.1, 0.15) is 0 Å². The number of carbonyl (C=O) groups is 2. The number of nitrogens with one attached hydrogen (secondary N) is 2. The van der Waals surface area contributed by atoms with Crippen molar-refractivity contribution in [2.75, 3.05) is 5.75 Å². The highest BCUT2D eigenvalue weighted by Gasteiger charge is 2.16. The van der Waals surface area contributed by atoms with Gasteiger partial charge in [-0.25, -0.2) is 0 Å². The van der Waals surface area contributed by atoms with Crippen molar-refractivity contribution in [3.63, 3.8) is 0 Å². The minimum Gasteiger partial charge on any atom is -0.272 e. The van der Waals surface area contributed by atoms with Crippen LogP contribution < -0.4 is 10.9 Å². The standard InChI is InChI=1S/C21H23N3O2S2/c22-12-15-7-9-16(10-8-15)13-27-14-20(25)23-24-21(26)19-11-17-5-3-1-2-4-6-18(17)28-19/h7-11H,1-6,13-14H2,(H,23,25)(H,24,26). The molecule has 0 aliphatic heterocycles. The van der Waals surface area contributed by atoms with E-state index in [2.05, 4.69) is 16.9 Å². The smallest absolute Gasteiger partial charge is 0.272 e. The zero-order chi connectivity index (χ0) is 19.8. The summed E-state index contributed by atoms with van der Waals surface area (Å²) in [5, 5.41) is 8.79. The average Bonchev–Trinajstić information content (AvgIpc) is 3.08. The molecule has 0 bridgehead atoms. The summed E-state index contributed by atoms with van der Waals surface area (Å²) < 4.78 is 0. The summed E-state index contributed by atoms with van der Waals surface area (Å²) in [6, 6.07) is 11.4. The Bertz CT molecular complexity index is 843. The van der Waals surface area contributed by atoms with Crippen molar-refractivity contribution in [3.05, 3.63) is 56.8 Å². The summed E-state index contributed by atoms with van der Waals surface area (Å²) in [6.45, 7) is 0. The first-order chi connectivity index (χ1) is 13.7. The molecule has 0 saturated heterocycles. The Hall–Kier alpha value is -2.30. The zero-order valence-corrected chi connectivity index (χ0v) is 17.3. The predicted molar refractivity (Wildman–Crippen MR) is 113 cm³/mol. The number of nitrogens with zero attached hydrogens (tertiary/aromatic N) is 1. The number of thioether (sulfide) groups is 1. The second-order valence-corrected chi connectivity index (χ2v) is 8.90. The van der Waals surface area contributed by atoms with Crippen LogP contribution in [0.25, 0.3) is 0 Å². The van der Waals surface area contributed by atoms with E-state index in [1.807, 2.05) is 18.2 Å². The van der Waals surface area contributed by atoms with Crippen LogP contribution in [0.5, 0.6) is 0 Å². The lowest BCUT2D eigenvalue weighted by molar-refractivity contribution is -0.119. The molecular formula is C21H23N3O2S2. The monoisotopic (exact) mass is 413 g/mol. The van der Waals surface area contributed by atoms with Crippen molar-refractivity contribution in [2.24, 2.45) is 0 Å². The molecule has 0 atom stereocenters. The van der Waals surface area contributed by atoms with Crippen molar-refractivity contribution in [2.45, 2.75) is 44.3 Å². The van der Waals surface area contributed by atoms with Crippen LogP contribution in [0.4, 0.5) is 0 Å². The Morgan fingerprint density at radius 1 is 1.07 bits per heavy atom. The van der Waals surface area contributed by atoms with E-state index >= 15 is 0 Å². The predicted octanol–water partition coefficient (Wildman–Crippen LogP) is 3.97. The molecule has 1 aliphatic carbocycles. The largest absolute Gasteiger partial charge is 0.279 e. The Balaban J connectivity index is 1.42. The van der Waals surface area contributed by atoms with Gasteiger partial charge in [-0.1, -0.05) is 25.0 Å². The van der Waals surface area contributed by atoms with Crippen LogP contribution in [-0.2, 0) is 23.4 Å². The summed E-state index contributed by atoms with van der Waals surface area (Å²) in [6.07, 6.45) is 6.96. The second kappa shape index (κ2) is 10.3. The molecule has 5 nitrogen and oxygen atoms in total. The van der Waals surface area contributed by atoms with E-state index in [0.29, 0.717) is 16.2 Å². The fraction of sp³-hybridized carbons (Fsp3) is 0.381. The van der Waals surface area contributed by atoms with Gasteiger partial charge in [-0.15, -0.1) is 23.1 Å². The average molecular weight is 414 g/mol. The maximum Gasteiger partial charge on any atom is 0.279 e. The van der Waals surface area contributed by atoms with Gasteiger partial charge in [0.2, 0.25) is 5.91 Å². The van der Waals surface area contributed by atoms with E-state index in [0.717, 1.165) is 18.4 Å². The number of hydrazine groups is 1. The number of thiophene rings is 1. The number of hydrogen-bond donors (Lipinski definition) is 2. The SMILES string of the molecule is N#Cc1ccc(CSCC(=O)NNC(=O)c2cc3c(s2)CCCCCC3)cc1. The molecule has 2 aromatic rings. The summed E-state index contributed by atoms with van der Waals surface area (Å²) in [4.78, 5) is 26.3. The molecule has 0 fully saturated rings. The fourth-order valence-corrected chi connectivity index (χ4v) is 5.05. The number of hydrogen-bond acceptors (Lipinski definition) is 5. The van der Waals surface area contributed by atoms with Crippen LogP contribution >= 0.6 is 23.1 Å². The minimum atomic E-state index is -0.248. The molecule has 1 heterocycles. The van der Waals surface area contributed by atoms with Crippen molar-refractivity contribution in [1.29, 1.82) is 5.26 Å². The van der Waals surface area contributed by atoms with Gasteiger partial charge in [0.05, 0.1) is 22.3 Å². The van der Waals surface area contributed by atoms with Crippen LogP contribution in [0, 0.1) is 11.3 Å². The van der Waals surface area contributed by atoms with Gasteiger partial charge in [0.25, 0.3) is 5.91 Å². The summed E-state index contributed by atoms with van der Waals surface area (Å²) >= 11 is 3.00. The summed E-state index contributed by atoms with van der Waals surface area (Å²) in [7, 11) is 0. The number of benzene rings is 1. The number of fused-ring (bicyclic) bond motifs is 1. The first-order valence-corrected chi connectivity index (χ1v) is 11.4. The molecule has 0 saturated carbocycles. The minimum absolute atomic E-state index is 0.234. The van der Waals surface area contributed by atoms with Crippen LogP contribution in [0.15, 0.2) is 30.3 Å². The van der Waals surface area contributed by atoms with Gasteiger partial charge >= 0.3 is 0 Å². The molecule has 1 aromatic heterocycles. The third kappa shape index (κ3) is 5.85. The Kier molecular flexibility index (Phi) is 7.52. The first-order valence-electron chi connectivity index (χ1n) is 9.43. The van der Waals surface area contributed by atoms with E-state index in [1.54, 1.807) is 23.5 Å². The van der Waals surface area contributed by atoms with Gasteiger partial charge in [0.15, 0.2) is 0 Å². The van der Waals surface area contributed by atoms with E-state index in [1.165, 1.54) is 47.9 Å². The second-order valence-electron chi connectivity index (χ2n) is 6.78. The quantitative estimate of drug-likeness (QED) is 0.727. The van der Waals surface area contributed by atoms with Crippen molar-refractivity contribution >= 4 is 34.9 Å². The molecular weight excluding hydrogens is 390 g/mol. The molecule has 0 spiro atoms. The number of nitriles is 1. The Morgan fingerprint density at radius 2 is 1.82 bits per heavy atom. The molecule has 1 aliphatic rings. The fourth-order valence-electron chi connectivity index (χ4n) is 3.12. The lowest BCUT2D eigenvalue weighted by Crippen LogP contribution is -2.42. The summed E-state index contributed by atoms with van der Waals surface area (Å²) in [5.74, 6) is 0.440. The third-order valence-corrected chi connectivity index (χ3v) is 6.86. The van der Waals surface area contributed by atoms with Gasteiger partial charge < -0.3 is 0 Å². The van der Waals surface area contributed by atoms with Crippen LogP contribution in [0.3, 0.4) is 0 Å². The molecule has 0 unspecified atom stereocenters. The number of aryl methyl sites for hydroxylation is 2. The van der Waals surface area contributed by atoms with E-state index in [-0.39, 0.29) is 17.6 Å². The molecule has 2 amide bonds. The lowest BCUT2D eigenvalue weighted by Gasteiger charge is -2.07. The molecule has 0 radical (unpaired) electrons. The van der Waals surface area contributed by atoms with E-state index < -0.39 is 0 Å². The van der Waals surface area contributed by atoms with Gasteiger partial charge in [-0.3, -0.25) is 20.4 Å². The number of amides is 2. The van der Waals surface area contributed by atoms with Gasteiger partial charge in [-0.05, 0) is 55.0 Å². The Labute approximate surface area is 173 Å². The molecule has 7 heteroatoms. The van der Waals surface area contributed by atoms with Crippen molar-refractivity contribution in [3.8, 4) is 6.07 Å². The molecule has 146 valence electrons. The van der Waals surface area contributed by atoms with Crippen molar-refractivity contribution < 1.29 is 9.59 Å². The highest BCUT2D eigenvalue weighted by molar-refractivity contribution is 7.99. The number of carbonyl (C=O) groups excluding carboxylic acids is 2. The molecule has 28 heavy (non-hydrogen) atoms. The van der Waals surface area contributed by atoms with Crippen LogP contribution in [0.2, 0.25) is 0 Å². The van der Waals surface area contributed by atoms with Crippen LogP contribution in [0.1, 0.15) is 56.9 Å².